The van der Waals surface area contributed by atoms with Crippen LogP contribution in [0.15, 0.2) is 12.3 Å². The number of nitrogens with zero attached hydrogens (tertiary/aromatic N) is 7. The minimum Gasteiger partial charge on any atom is -0.343 e. The summed E-state index contributed by atoms with van der Waals surface area (Å²) in [5.74, 6) is 1.27. The van der Waals surface area contributed by atoms with E-state index in [-0.39, 0.29) is 18.4 Å². The third-order valence-corrected chi connectivity index (χ3v) is 8.88. The zero-order valence-electron chi connectivity index (χ0n) is 24.0. The number of nitrogens with two attached hydrogens (primary N) is 1. The molecule has 3 saturated heterocycles. The number of carbonyl (C=O) groups excluding carboxylic acids is 3. The van der Waals surface area contributed by atoms with E-state index in [9.17, 15) is 14.4 Å². The molecule has 4 aliphatic heterocycles. The zero-order chi connectivity index (χ0) is 27.8. The molecule has 218 valence electrons. The lowest BCUT2D eigenvalue weighted by atomic mass is 9.95. The second-order valence-corrected chi connectivity index (χ2v) is 11.3. The molecule has 0 aliphatic carbocycles. The van der Waals surface area contributed by atoms with Gasteiger partial charge in [0, 0.05) is 97.6 Å². The van der Waals surface area contributed by atoms with Crippen LogP contribution in [-0.2, 0) is 27.5 Å². The van der Waals surface area contributed by atoms with Crippen molar-refractivity contribution in [3.8, 4) is 0 Å². The number of piperidine rings is 2. The Morgan fingerprint density at radius 1 is 0.846 bits per heavy atom. The van der Waals surface area contributed by atoms with Crippen LogP contribution >= 0.6 is 0 Å². The SMILES string of the molecule is CCC(=O)N1CCC(CN2CCN(C(C)=O)CC2)CC1.NCC(=O)N1CCC(N2CCn3nccc3C2)CC1. The minimum atomic E-state index is 0.0789. The van der Waals surface area contributed by atoms with Gasteiger partial charge in [0.15, 0.2) is 0 Å². The molecular weight excluding hydrogens is 496 g/mol. The molecule has 3 amide bonds. The van der Waals surface area contributed by atoms with Gasteiger partial charge in [0.25, 0.3) is 0 Å². The van der Waals surface area contributed by atoms with Crippen LogP contribution in [0.25, 0.3) is 0 Å². The second-order valence-electron chi connectivity index (χ2n) is 11.3. The van der Waals surface area contributed by atoms with E-state index >= 15 is 0 Å². The van der Waals surface area contributed by atoms with Crippen LogP contribution in [0.1, 0.15) is 51.6 Å². The van der Waals surface area contributed by atoms with Crippen molar-refractivity contribution in [1.29, 1.82) is 0 Å². The van der Waals surface area contributed by atoms with E-state index in [1.807, 2.05) is 27.8 Å². The molecular formula is C28H48N8O3. The van der Waals surface area contributed by atoms with E-state index in [4.69, 9.17) is 5.73 Å². The molecule has 0 bridgehead atoms. The topological polar surface area (TPSA) is 111 Å². The first-order valence-corrected chi connectivity index (χ1v) is 14.9. The maximum absolute atomic E-state index is 11.6. The molecule has 0 unspecified atom stereocenters. The van der Waals surface area contributed by atoms with Crippen molar-refractivity contribution >= 4 is 17.7 Å². The number of carbonyl (C=O) groups is 3. The molecule has 0 atom stereocenters. The van der Waals surface area contributed by atoms with Crippen LogP contribution in [-0.4, -0.2) is 130 Å². The Bertz CT molecular complexity index is 944. The van der Waals surface area contributed by atoms with Crippen molar-refractivity contribution in [2.24, 2.45) is 11.7 Å². The molecule has 0 spiro atoms. The van der Waals surface area contributed by atoms with Gasteiger partial charge in [-0.05, 0) is 37.7 Å². The van der Waals surface area contributed by atoms with Crippen LogP contribution in [0, 0.1) is 5.92 Å². The average Bonchev–Trinajstić information content (AvgIpc) is 3.45. The summed E-state index contributed by atoms with van der Waals surface area (Å²) in [5.41, 5.74) is 6.71. The van der Waals surface area contributed by atoms with Gasteiger partial charge in [0.05, 0.1) is 18.8 Å². The summed E-state index contributed by atoms with van der Waals surface area (Å²) >= 11 is 0. The van der Waals surface area contributed by atoms with Crippen molar-refractivity contribution in [3.63, 3.8) is 0 Å². The van der Waals surface area contributed by atoms with Crippen LogP contribution in [0.3, 0.4) is 0 Å². The van der Waals surface area contributed by atoms with Gasteiger partial charge in [-0.25, -0.2) is 0 Å². The van der Waals surface area contributed by atoms with Gasteiger partial charge in [-0.2, -0.15) is 5.10 Å². The fourth-order valence-corrected chi connectivity index (χ4v) is 6.33. The molecule has 39 heavy (non-hydrogen) atoms. The van der Waals surface area contributed by atoms with Crippen LogP contribution in [0.4, 0.5) is 0 Å². The predicted molar refractivity (Wildman–Crippen MR) is 150 cm³/mol. The van der Waals surface area contributed by atoms with Gasteiger partial charge in [-0.1, -0.05) is 6.92 Å². The number of amides is 3. The molecule has 0 radical (unpaired) electrons. The van der Waals surface area contributed by atoms with Gasteiger partial charge in [0.1, 0.15) is 0 Å². The maximum Gasteiger partial charge on any atom is 0.236 e. The van der Waals surface area contributed by atoms with E-state index in [2.05, 4.69) is 25.6 Å². The van der Waals surface area contributed by atoms with Crippen molar-refractivity contribution in [3.05, 3.63) is 18.0 Å². The predicted octanol–water partition coefficient (Wildman–Crippen LogP) is 0.448. The van der Waals surface area contributed by atoms with E-state index in [1.165, 1.54) is 5.69 Å². The number of hydrogen-bond donors (Lipinski definition) is 1. The lowest BCUT2D eigenvalue weighted by molar-refractivity contribution is -0.132. The molecule has 0 aromatic carbocycles. The first-order chi connectivity index (χ1) is 18.9. The summed E-state index contributed by atoms with van der Waals surface area (Å²) in [5, 5.41) is 4.31. The molecule has 3 fully saturated rings. The summed E-state index contributed by atoms with van der Waals surface area (Å²) in [4.78, 5) is 45.3. The standard InChI is InChI=1S/C15H27N3O2.C13H21N5O/c1-3-15(20)18-6-4-14(5-7-18)12-16-8-10-17(11-9-16)13(2)19;14-9-13(19)16-5-2-11(3-6-16)17-7-8-18-12(10-17)1-4-15-18/h14H,3-12H2,1-2H3;1,4,11H,2-3,5-10,14H2. The van der Waals surface area contributed by atoms with Gasteiger partial charge >= 0.3 is 0 Å². The minimum absolute atomic E-state index is 0.0789. The van der Waals surface area contributed by atoms with Crippen molar-refractivity contribution < 1.29 is 14.4 Å². The number of hydrogen-bond acceptors (Lipinski definition) is 7. The zero-order valence-corrected chi connectivity index (χ0v) is 24.0. The summed E-state index contributed by atoms with van der Waals surface area (Å²) in [6.45, 7) is 15.1. The first-order valence-electron chi connectivity index (χ1n) is 14.9. The Morgan fingerprint density at radius 2 is 1.49 bits per heavy atom. The molecule has 11 nitrogen and oxygen atoms in total. The average molecular weight is 545 g/mol. The summed E-state index contributed by atoms with van der Waals surface area (Å²) in [7, 11) is 0. The third-order valence-electron chi connectivity index (χ3n) is 8.88. The lowest BCUT2D eigenvalue weighted by Crippen LogP contribution is -2.50. The van der Waals surface area contributed by atoms with E-state index in [1.54, 1.807) is 6.92 Å². The third kappa shape index (κ3) is 8.02. The Morgan fingerprint density at radius 3 is 2.10 bits per heavy atom. The largest absolute Gasteiger partial charge is 0.343 e. The van der Waals surface area contributed by atoms with E-state index in [0.717, 1.165) is 104 Å². The molecule has 0 saturated carbocycles. The molecule has 1 aromatic rings. The lowest BCUT2D eigenvalue weighted by Gasteiger charge is -2.40. The smallest absolute Gasteiger partial charge is 0.236 e. The number of likely N-dealkylation sites (tertiary alicyclic amines) is 2. The molecule has 5 heterocycles. The number of piperazine rings is 1. The molecule has 4 aliphatic rings. The number of aromatic nitrogens is 2. The highest BCUT2D eigenvalue weighted by molar-refractivity contribution is 5.78. The quantitative estimate of drug-likeness (QED) is 0.573. The summed E-state index contributed by atoms with van der Waals surface area (Å²) in [6, 6.07) is 2.68. The second kappa shape index (κ2) is 14.2. The van der Waals surface area contributed by atoms with Crippen molar-refractivity contribution in [2.45, 2.75) is 65.1 Å². The maximum atomic E-state index is 11.6. The molecule has 1 aromatic heterocycles. The Labute approximate surface area is 233 Å². The van der Waals surface area contributed by atoms with Gasteiger partial charge < -0.3 is 20.4 Å². The van der Waals surface area contributed by atoms with Gasteiger partial charge in [-0.15, -0.1) is 0 Å². The monoisotopic (exact) mass is 544 g/mol. The van der Waals surface area contributed by atoms with Gasteiger partial charge in [0.2, 0.25) is 17.7 Å². The van der Waals surface area contributed by atoms with Crippen molar-refractivity contribution in [2.75, 3.05) is 72.0 Å². The highest BCUT2D eigenvalue weighted by atomic mass is 16.2. The highest BCUT2D eigenvalue weighted by Gasteiger charge is 2.29. The Balaban J connectivity index is 0.000000181. The Hall–Kier alpha value is -2.50. The van der Waals surface area contributed by atoms with Crippen molar-refractivity contribution in [1.82, 2.24) is 34.3 Å². The van der Waals surface area contributed by atoms with Crippen LogP contribution in [0.2, 0.25) is 0 Å². The fraction of sp³-hybridized carbons (Fsp3) is 0.786. The van der Waals surface area contributed by atoms with E-state index < -0.39 is 0 Å². The Kier molecular flexibility index (Phi) is 10.8. The van der Waals surface area contributed by atoms with E-state index in [0.29, 0.717) is 24.3 Å². The fourth-order valence-electron chi connectivity index (χ4n) is 6.33. The van der Waals surface area contributed by atoms with Crippen LogP contribution in [0.5, 0.6) is 0 Å². The molecule has 2 N–H and O–H groups in total. The first kappa shape index (κ1) is 29.5. The summed E-state index contributed by atoms with van der Waals surface area (Å²) < 4.78 is 2.09. The number of rotatable bonds is 5. The van der Waals surface area contributed by atoms with Crippen LogP contribution < -0.4 is 5.73 Å². The highest BCUT2D eigenvalue weighted by Crippen LogP contribution is 2.22. The normalized spacial score (nSPS) is 21.8. The molecule has 11 heteroatoms. The summed E-state index contributed by atoms with van der Waals surface area (Å²) in [6.07, 6.45) is 6.86. The van der Waals surface area contributed by atoms with Gasteiger partial charge in [-0.3, -0.25) is 28.9 Å². The molecule has 5 rings (SSSR count). The number of fused-ring (bicyclic) bond motifs is 1.